The Bertz CT molecular complexity index is 1510. The van der Waals surface area contributed by atoms with Crippen LogP contribution in [0.4, 0.5) is 11.5 Å². The van der Waals surface area contributed by atoms with Crippen molar-refractivity contribution >= 4 is 44.0 Å². The van der Waals surface area contributed by atoms with Crippen LogP contribution >= 0.6 is 11.6 Å². The molecule has 34 heavy (non-hydrogen) atoms. The van der Waals surface area contributed by atoms with Gasteiger partial charge in [-0.15, -0.1) is 0 Å². The van der Waals surface area contributed by atoms with Gasteiger partial charge in [-0.25, -0.2) is 23.1 Å². The summed E-state index contributed by atoms with van der Waals surface area (Å²) in [5, 5.41) is 4.44. The third kappa shape index (κ3) is 6.20. The fraction of sp³-hybridized carbons (Fsp3) is 0.125. The number of aromatic nitrogens is 3. The van der Waals surface area contributed by atoms with Crippen molar-refractivity contribution < 1.29 is 13.2 Å². The number of hydrogen-bond donors (Lipinski definition) is 2. The number of halogens is 1. The summed E-state index contributed by atoms with van der Waals surface area (Å²) in [6, 6.07) is 14.5. The summed E-state index contributed by atoms with van der Waals surface area (Å²) < 4.78 is 30.5. The molecule has 0 radical (unpaired) electrons. The van der Waals surface area contributed by atoms with Gasteiger partial charge in [-0.3, -0.25) is 4.98 Å². The maximum Gasteiger partial charge on any atom is 0.209 e. The molecule has 0 atom stereocenters. The van der Waals surface area contributed by atoms with Crippen LogP contribution in [-0.2, 0) is 10.0 Å². The van der Waals surface area contributed by atoms with Crippen LogP contribution in [0.15, 0.2) is 61.1 Å². The molecule has 0 aliphatic heterocycles. The topological polar surface area (TPSA) is 106 Å². The predicted molar refractivity (Wildman–Crippen MR) is 133 cm³/mol. The van der Waals surface area contributed by atoms with E-state index in [-0.39, 0.29) is 6.54 Å². The summed E-state index contributed by atoms with van der Waals surface area (Å²) in [4.78, 5) is 12.9. The summed E-state index contributed by atoms with van der Waals surface area (Å²) in [6.07, 6.45) is 4.20. The van der Waals surface area contributed by atoms with Crippen molar-refractivity contribution in [1.82, 2.24) is 19.7 Å². The number of rotatable bonds is 6. The predicted octanol–water partition coefficient (Wildman–Crippen LogP) is 4.42. The first-order valence-electron chi connectivity index (χ1n) is 10.1. The molecular formula is C24H20ClN5O3S. The van der Waals surface area contributed by atoms with E-state index in [0.29, 0.717) is 33.6 Å². The molecule has 0 unspecified atom stereocenters. The number of pyridine rings is 1. The lowest BCUT2D eigenvalue weighted by Gasteiger charge is -2.11. The van der Waals surface area contributed by atoms with Gasteiger partial charge in [-0.2, -0.15) is 0 Å². The van der Waals surface area contributed by atoms with E-state index in [1.54, 1.807) is 18.3 Å². The van der Waals surface area contributed by atoms with Crippen LogP contribution in [0.2, 0.25) is 5.02 Å². The minimum atomic E-state index is -3.29. The first-order chi connectivity index (χ1) is 16.3. The van der Waals surface area contributed by atoms with Crippen LogP contribution in [0.5, 0.6) is 11.5 Å². The van der Waals surface area contributed by atoms with E-state index in [1.807, 2.05) is 43.3 Å². The zero-order chi connectivity index (χ0) is 24.1. The van der Waals surface area contributed by atoms with E-state index < -0.39 is 10.0 Å². The number of ether oxygens (including phenoxy) is 1. The molecule has 2 aromatic carbocycles. The molecule has 0 saturated carbocycles. The van der Waals surface area contributed by atoms with E-state index in [0.717, 1.165) is 22.9 Å². The lowest BCUT2D eigenvalue weighted by Crippen LogP contribution is -2.21. The van der Waals surface area contributed by atoms with Crippen LogP contribution in [0, 0.1) is 18.8 Å². The molecule has 2 aromatic heterocycles. The standard InChI is InChI=1S/C24H20ClN5O3S/c1-16-5-8-19(14-26-16)33-23-10-7-18(13-21(23)25)30-24-20-12-17(4-3-11-29-34(2,31)32)6-9-22(20)27-15-28-24/h5-10,12-15,29H,11H2,1-2H3,(H,27,28,30). The van der Waals surface area contributed by atoms with E-state index in [1.165, 1.54) is 6.33 Å². The van der Waals surface area contributed by atoms with Crippen molar-refractivity contribution in [3.8, 4) is 23.3 Å². The van der Waals surface area contributed by atoms with Gasteiger partial charge in [-0.1, -0.05) is 23.4 Å². The number of anilines is 2. The summed E-state index contributed by atoms with van der Waals surface area (Å²) in [5.74, 6) is 7.41. The van der Waals surface area contributed by atoms with Gasteiger partial charge in [0.25, 0.3) is 0 Å². The zero-order valence-electron chi connectivity index (χ0n) is 18.3. The molecule has 0 bridgehead atoms. The van der Waals surface area contributed by atoms with Crippen molar-refractivity contribution in [1.29, 1.82) is 0 Å². The quantitative estimate of drug-likeness (QED) is 0.383. The normalized spacial score (nSPS) is 11.0. The van der Waals surface area contributed by atoms with Crippen LogP contribution in [-0.4, -0.2) is 36.2 Å². The van der Waals surface area contributed by atoms with Gasteiger partial charge in [0, 0.05) is 22.3 Å². The molecule has 0 amide bonds. The van der Waals surface area contributed by atoms with Gasteiger partial charge >= 0.3 is 0 Å². The lowest BCUT2D eigenvalue weighted by molar-refractivity contribution is 0.480. The van der Waals surface area contributed by atoms with E-state index >= 15 is 0 Å². The van der Waals surface area contributed by atoms with Gasteiger partial charge < -0.3 is 10.1 Å². The van der Waals surface area contributed by atoms with Crippen LogP contribution < -0.4 is 14.8 Å². The third-order valence-electron chi connectivity index (χ3n) is 4.60. The molecule has 0 aliphatic rings. The van der Waals surface area contributed by atoms with Crippen LogP contribution in [0.25, 0.3) is 10.9 Å². The minimum Gasteiger partial charge on any atom is -0.454 e. The summed E-state index contributed by atoms with van der Waals surface area (Å²) >= 11 is 6.44. The number of aryl methyl sites for hydroxylation is 1. The maximum absolute atomic E-state index is 11.2. The first-order valence-corrected chi connectivity index (χ1v) is 12.4. The number of benzene rings is 2. The Hall–Kier alpha value is -3.71. The zero-order valence-corrected chi connectivity index (χ0v) is 19.9. The second-order valence-corrected chi connectivity index (χ2v) is 9.60. The van der Waals surface area contributed by atoms with Crippen molar-refractivity contribution in [2.75, 3.05) is 18.1 Å². The summed E-state index contributed by atoms with van der Waals surface area (Å²) in [7, 11) is -3.29. The van der Waals surface area contributed by atoms with Crippen molar-refractivity contribution in [3.05, 3.63) is 77.3 Å². The minimum absolute atomic E-state index is 0.0266. The smallest absolute Gasteiger partial charge is 0.209 e. The molecule has 172 valence electrons. The molecule has 10 heteroatoms. The highest BCUT2D eigenvalue weighted by Gasteiger charge is 2.09. The molecule has 0 fully saturated rings. The molecule has 0 spiro atoms. The summed E-state index contributed by atoms with van der Waals surface area (Å²) in [6.45, 7) is 1.93. The Balaban J connectivity index is 1.54. The van der Waals surface area contributed by atoms with Crippen LogP contribution in [0.3, 0.4) is 0 Å². The number of hydrogen-bond acceptors (Lipinski definition) is 7. The Morgan fingerprint density at radius 3 is 2.65 bits per heavy atom. The van der Waals surface area contributed by atoms with Gasteiger partial charge in [0.1, 0.15) is 23.6 Å². The second kappa shape index (κ2) is 10.1. The largest absolute Gasteiger partial charge is 0.454 e. The van der Waals surface area contributed by atoms with Gasteiger partial charge in [0.15, 0.2) is 0 Å². The van der Waals surface area contributed by atoms with E-state index in [4.69, 9.17) is 16.3 Å². The second-order valence-electron chi connectivity index (χ2n) is 7.36. The average molecular weight is 494 g/mol. The molecular weight excluding hydrogens is 474 g/mol. The number of fused-ring (bicyclic) bond motifs is 1. The van der Waals surface area contributed by atoms with Crippen LogP contribution in [0.1, 0.15) is 11.3 Å². The molecule has 0 saturated heterocycles. The SMILES string of the molecule is Cc1ccc(Oc2ccc(Nc3ncnc4ccc(C#CCNS(C)(=O)=O)cc34)cc2Cl)cn1. The molecule has 2 N–H and O–H groups in total. The Kier molecular flexibility index (Phi) is 6.93. The first kappa shape index (κ1) is 23.4. The van der Waals surface area contributed by atoms with Gasteiger partial charge in [0.05, 0.1) is 29.5 Å². The van der Waals surface area contributed by atoms with Crippen molar-refractivity contribution in [3.63, 3.8) is 0 Å². The highest BCUT2D eigenvalue weighted by atomic mass is 35.5. The van der Waals surface area contributed by atoms with Crippen molar-refractivity contribution in [2.24, 2.45) is 0 Å². The molecule has 2 heterocycles. The highest BCUT2D eigenvalue weighted by molar-refractivity contribution is 7.88. The van der Waals surface area contributed by atoms with Gasteiger partial charge in [-0.05, 0) is 55.5 Å². The fourth-order valence-corrected chi connectivity index (χ4v) is 3.54. The number of sulfonamides is 1. The Morgan fingerprint density at radius 1 is 1.06 bits per heavy atom. The van der Waals surface area contributed by atoms with E-state index in [2.05, 4.69) is 36.8 Å². The highest BCUT2D eigenvalue weighted by Crippen LogP contribution is 2.33. The molecule has 4 aromatic rings. The fourth-order valence-electron chi connectivity index (χ4n) is 2.99. The maximum atomic E-state index is 11.2. The monoisotopic (exact) mass is 493 g/mol. The number of nitrogens with zero attached hydrogens (tertiary/aromatic N) is 3. The molecule has 0 aliphatic carbocycles. The lowest BCUT2D eigenvalue weighted by atomic mass is 10.1. The average Bonchev–Trinajstić information content (AvgIpc) is 2.80. The molecule has 4 rings (SSSR count). The Morgan fingerprint density at radius 2 is 1.91 bits per heavy atom. The third-order valence-corrected chi connectivity index (χ3v) is 5.56. The molecule has 8 nitrogen and oxygen atoms in total. The van der Waals surface area contributed by atoms with Crippen molar-refractivity contribution in [2.45, 2.75) is 6.92 Å². The summed E-state index contributed by atoms with van der Waals surface area (Å²) in [5.41, 5.74) is 3.05. The number of nitrogens with one attached hydrogen (secondary N) is 2. The Labute approximate surface area is 202 Å². The van der Waals surface area contributed by atoms with Gasteiger partial charge in [0.2, 0.25) is 10.0 Å². The van der Waals surface area contributed by atoms with E-state index in [9.17, 15) is 8.42 Å².